The fraction of sp³-hybridized carbons (Fsp3) is 0.923. The van der Waals surface area contributed by atoms with Crippen LogP contribution >= 0.6 is 7.82 Å². The average Bonchev–Trinajstić information content (AvgIpc) is 2.41. The van der Waals surface area contributed by atoms with Crippen LogP contribution in [0.3, 0.4) is 0 Å². The van der Waals surface area contributed by atoms with Crippen molar-refractivity contribution < 1.29 is 23.7 Å². The van der Waals surface area contributed by atoms with Crippen LogP contribution < -0.4 is 11.1 Å². The highest BCUT2D eigenvalue weighted by atomic mass is 31.2. The number of unbranched alkanes of at least 4 members (excludes halogenated alkanes) is 7. The van der Waals surface area contributed by atoms with Crippen molar-refractivity contribution in [3.05, 3.63) is 0 Å². The third-order valence-electron chi connectivity index (χ3n) is 3.09. The monoisotopic (exact) mass is 324 g/mol. The molecule has 21 heavy (non-hydrogen) atoms. The van der Waals surface area contributed by atoms with Crippen LogP contribution in [0.25, 0.3) is 0 Å². The summed E-state index contributed by atoms with van der Waals surface area (Å²) in [7, 11) is -4.57. The number of amides is 1. The molecule has 0 aromatic heterocycles. The van der Waals surface area contributed by atoms with Crippen molar-refractivity contribution in [2.24, 2.45) is 5.73 Å². The number of phosphoric acid groups is 1. The number of carbonyl (C=O) groups is 1. The van der Waals surface area contributed by atoms with Gasteiger partial charge in [0.1, 0.15) is 6.04 Å². The van der Waals surface area contributed by atoms with Gasteiger partial charge in [0.25, 0.3) is 0 Å². The van der Waals surface area contributed by atoms with Gasteiger partial charge in [-0.25, -0.2) is 4.57 Å². The molecule has 1 amide bonds. The van der Waals surface area contributed by atoms with E-state index in [0.29, 0.717) is 6.54 Å². The molecule has 0 radical (unpaired) electrons. The first kappa shape index (κ1) is 20.5. The van der Waals surface area contributed by atoms with Crippen molar-refractivity contribution in [3.63, 3.8) is 0 Å². The maximum absolute atomic E-state index is 11.5. The summed E-state index contributed by atoms with van der Waals surface area (Å²) in [4.78, 5) is 28.5. The molecule has 0 rings (SSSR count). The predicted molar refractivity (Wildman–Crippen MR) is 81.6 cm³/mol. The smallest absolute Gasteiger partial charge is 0.355 e. The van der Waals surface area contributed by atoms with Gasteiger partial charge < -0.3 is 20.8 Å². The van der Waals surface area contributed by atoms with E-state index in [9.17, 15) is 9.36 Å². The van der Waals surface area contributed by atoms with Gasteiger partial charge in [-0.15, -0.1) is 0 Å². The molecule has 126 valence electrons. The molecular formula is C13H29N2O5P. The van der Waals surface area contributed by atoms with Crippen molar-refractivity contribution in [1.29, 1.82) is 0 Å². The number of carbonyl (C=O) groups excluding carboxylic acids is 1. The fourth-order valence-corrected chi connectivity index (χ4v) is 2.21. The first-order valence-electron chi connectivity index (χ1n) is 7.60. The molecule has 0 aromatic carbocycles. The standard InChI is InChI=1S/C13H29N2O5P/c1-2-3-4-5-6-7-8-9-10-15-13(16)12(14)11-20-21(17,18)19/h12H,2-11,14H2,1H3,(H,15,16)(H2,17,18,19)/t12-/m1/s1. The molecular weight excluding hydrogens is 295 g/mol. The van der Waals surface area contributed by atoms with E-state index in [1.165, 1.54) is 32.1 Å². The number of nitrogens with two attached hydrogens (primary N) is 1. The Morgan fingerprint density at radius 2 is 1.67 bits per heavy atom. The van der Waals surface area contributed by atoms with E-state index in [1.54, 1.807) is 0 Å². The molecule has 0 aliphatic heterocycles. The second-order valence-corrected chi connectivity index (χ2v) is 6.40. The molecule has 0 spiro atoms. The van der Waals surface area contributed by atoms with E-state index in [1.807, 2.05) is 0 Å². The molecule has 8 heteroatoms. The average molecular weight is 324 g/mol. The Bertz CT molecular complexity index is 322. The van der Waals surface area contributed by atoms with Gasteiger partial charge in [0, 0.05) is 6.54 Å². The van der Waals surface area contributed by atoms with Gasteiger partial charge >= 0.3 is 7.82 Å². The molecule has 0 fully saturated rings. The van der Waals surface area contributed by atoms with E-state index in [4.69, 9.17) is 15.5 Å². The van der Waals surface area contributed by atoms with Crippen molar-refractivity contribution in [3.8, 4) is 0 Å². The van der Waals surface area contributed by atoms with Crippen molar-refractivity contribution in [1.82, 2.24) is 5.32 Å². The Labute approximate surface area is 126 Å². The number of phosphoric ester groups is 1. The molecule has 0 saturated carbocycles. The Morgan fingerprint density at radius 1 is 1.14 bits per heavy atom. The SMILES string of the molecule is CCCCCCCCCCNC(=O)[C@H](N)COP(=O)(O)O. The second kappa shape index (κ2) is 12.1. The predicted octanol–water partition coefficient (Wildman–Crippen LogP) is 1.68. The van der Waals surface area contributed by atoms with Crippen LogP contribution in [0, 0.1) is 0 Å². The minimum atomic E-state index is -4.57. The number of hydrogen-bond acceptors (Lipinski definition) is 4. The summed E-state index contributed by atoms with van der Waals surface area (Å²) < 4.78 is 14.7. The van der Waals surface area contributed by atoms with Crippen LogP contribution in [0.4, 0.5) is 0 Å². The largest absolute Gasteiger partial charge is 0.469 e. The van der Waals surface area contributed by atoms with Crippen LogP contribution in [0.2, 0.25) is 0 Å². The Hall–Kier alpha value is -0.460. The van der Waals surface area contributed by atoms with E-state index in [-0.39, 0.29) is 0 Å². The highest BCUT2D eigenvalue weighted by Crippen LogP contribution is 2.35. The summed E-state index contributed by atoms with van der Waals surface area (Å²) in [5.41, 5.74) is 5.45. The number of hydrogen-bond donors (Lipinski definition) is 4. The van der Waals surface area contributed by atoms with Crippen LogP contribution in [0.5, 0.6) is 0 Å². The lowest BCUT2D eigenvalue weighted by molar-refractivity contribution is -0.123. The Morgan fingerprint density at radius 3 is 2.19 bits per heavy atom. The number of rotatable bonds is 13. The molecule has 0 aromatic rings. The molecule has 7 nitrogen and oxygen atoms in total. The molecule has 0 aliphatic carbocycles. The van der Waals surface area contributed by atoms with Crippen LogP contribution in [-0.4, -0.2) is 34.9 Å². The van der Waals surface area contributed by atoms with Gasteiger partial charge in [0.2, 0.25) is 5.91 Å². The third kappa shape index (κ3) is 14.2. The van der Waals surface area contributed by atoms with Crippen LogP contribution in [-0.2, 0) is 13.9 Å². The zero-order valence-electron chi connectivity index (χ0n) is 12.8. The van der Waals surface area contributed by atoms with E-state index in [2.05, 4.69) is 16.8 Å². The molecule has 5 N–H and O–H groups in total. The van der Waals surface area contributed by atoms with Crippen LogP contribution in [0.15, 0.2) is 0 Å². The minimum absolute atomic E-state index is 0.452. The third-order valence-corrected chi connectivity index (χ3v) is 3.57. The van der Waals surface area contributed by atoms with Gasteiger partial charge in [-0.05, 0) is 6.42 Å². The first-order chi connectivity index (χ1) is 9.87. The van der Waals surface area contributed by atoms with E-state index < -0.39 is 26.4 Å². The molecule has 0 heterocycles. The minimum Gasteiger partial charge on any atom is -0.355 e. The Balaban J connectivity index is 3.46. The highest BCUT2D eigenvalue weighted by molar-refractivity contribution is 7.46. The molecule has 0 unspecified atom stereocenters. The van der Waals surface area contributed by atoms with Gasteiger partial charge in [-0.1, -0.05) is 51.9 Å². The zero-order chi connectivity index (χ0) is 16.1. The van der Waals surface area contributed by atoms with E-state index >= 15 is 0 Å². The van der Waals surface area contributed by atoms with Gasteiger partial charge in [0.15, 0.2) is 0 Å². The maximum atomic E-state index is 11.5. The second-order valence-electron chi connectivity index (χ2n) is 5.16. The van der Waals surface area contributed by atoms with E-state index in [0.717, 1.165) is 19.3 Å². The Kier molecular flexibility index (Phi) is 11.9. The lowest BCUT2D eigenvalue weighted by atomic mass is 10.1. The van der Waals surface area contributed by atoms with Crippen molar-refractivity contribution >= 4 is 13.7 Å². The van der Waals surface area contributed by atoms with Crippen LogP contribution in [0.1, 0.15) is 58.3 Å². The summed E-state index contributed by atoms with van der Waals surface area (Å²) in [5, 5.41) is 2.63. The van der Waals surface area contributed by atoms with Crippen molar-refractivity contribution in [2.75, 3.05) is 13.2 Å². The van der Waals surface area contributed by atoms with Gasteiger partial charge in [0.05, 0.1) is 6.61 Å². The first-order valence-corrected chi connectivity index (χ1v) is 9.13. The summed E-state index contributed by atoms with van der Waals surface area (Å²) in [6.07, 6.45) is 9.43. The summed E-state index contributed by atoms with van der Waals surface area (Å²) in [5.74, 6) is -0.452. The molecule has 0 bridgehead atoms. The molecule has 1 atom stereocenters. The quantitative estimate of drug-likeness (QED) is 0.302. The summed E-state index contributed by atoms with van der Waals surface area (Å²) in [6, 6.07) is -1.06. The summed E-state index contributed by atoms with van der Waals surface area (Å²) in [6.45, 7) is 2.23. The zero-order valence-corrected chi connectivity index (χ0v) is 13.7. The number of nitrogens with one attached hydrogen (secondary N) is 1. The highest BCUT2D eigenvalue weighted by Gasteiger charge is 2.20. The summed E-state index contributed by atoms with van der Waals surface area (Å²) >= 11 is 0. The maximum Gasteiger partial charge on any atom is 0.469 e. The fourth-order valence-electron chi connectivity index (χ4n) is 1.85. The van der Waals surface area contributed by atoms with Gasteiger partial charge in [-0.2, -0.15) is 0 Å². The molecule has 0 saturated heterocycles. The molecule has 0 aliphatic rings. The lowest BCUT2D eigenvalue weighted by Crippen LogP contribution is -2.43. The van der Waals surface area contributed by atoms with Gasteiger partial charge in [-0.3, -0.25) is 9.32 Å². The normalized spacial score (nSPS) is 13.1. The van der Waals surface area contributed by atoms with Crippen molar-refractivity contribution in [2.45, 2.75) is 64.3 Å². The topological polar surface area (TPSA) is 122 Å². The lowest BCUT2D eigenvalue weighted by Gasteiger charge is -2.12.